The van der Waals surface area contributed by atoms with Gasteiger partial charge in [-0.05, 0) is 37.5 Å². The molecule has 0 spiro atoms. The number of halogens is 1. The van der Waals surface area contributed by atoms with E-state index in [0.717, 1.165) is 0 Å². The Morgan fingerprint density at radius 1 is 1.04 bits per heavy atom. The minimum Gasteiger partial charge on any atom is -0.469 e. The lowest BCUT2D eigenvalue weighted by Gasteiger charge is -2.25. The number of benzene rings is 1. The Bertz CT molecular complexity index is 646. The third-order valence-electron chi connectivity index (χ3n) is 3.75. The van der Waals surface area contributed by atoms with E-state index < -0.39 is 30.1 Å². The fourth-order valence-corrected chi connectivity index (χ4v) is 2.49. The molecule has 0 heterocycles. The number of carbonyl (C=O) groups excluding carboxylic acids is 3. The number of ether oxygens (including phenoxy) is 2. The SMILES string of the molecule is COC(=O)CC(NC(=O)[C@H](NC(=O)OC(C)C)C(C)C)c1ccc(Cl)cc1. The fraction of sp³-hybridized carbons (Fsp3) is 0.526. The van der Waals surface area contributed by atoms with Crippen molar-refractivity contribution in [3.63, 3.8) is 0 Å². The minimum atomic E-state index is -0.816. The Balaban J connectivity index is 2.95. The van der Waals surface area contributed by atoms with E-state index in [1.54, 1.807) is 52.0 Å². The number of esters is 1. The summed E-state index contributed by atoms with van der Waals surface area (Å²) in [7, 11) is 1.28. The predicted octanol–water partition coefficient (Wildman–Crippen LogP) is 3.22. The number of nitrogens with one attached hydrogen (secondary N) is 2. The quantitative estimate of drug-likeness (QED) is 0.656. The Kier molecular flexibility index (Phi) is 9.08. The van der Waals surface area contributed by atoms with Crippen LogP contribution < -0.4 is 10.6 Å². The van der Waals surface area contributed by atoms with E-state index in [1.165, 1.54) is 7.11 Å². The average molecular weight is 399 g/mol. The van der Waals surface area contributed by atoms with Gasteiger partial charge in [0.25, 0.3) is 0 Å². The van der Waals surface area contributed by atoms with E-state index in [-0.39, 0.29) is 18.4 Å². The number of alkyl carbamates (subject to hydrolysis) is 1. The molecular weight excluding hydrogens is 372 g/mol. The summed E-state index contributed by atoms with van der Waals surface area (Å²) in [5.41, 5.74) is 0.699. The summed E-state index contributed by atoms with van der Waals surface area (Å²) < 4.78 is 9.76. The molecule has 27 heavy (non-hydrogen) atoms. The zero-order chi connectivity index (χ0) is 20.6. The highest BCUT2D eigenvalue weighted by molar-refractivity contribution is 6.30. The molecule has 1 aromatic rings. The Labute approximate surface area is 164 Å². The van der Waals surface area contributed by atoms with Gasteiger partial charge in [-0.25, -0.2) is 4.79 Å². The number of amides is 2. The summed E-state index contributed by atoms with van der Waals surface area (Å²) in [5.74, 6) is -1.08. The zero-order valence-corrected chi connectivity index (χ0v) is 17.0. The van der Waals surface area contributed by atoms with Gasteiger partial charge in [-0.2, -0.15) is 0 Å². The van der Waals surface area contributed by atoms with Crippen LogP contribution in [0.15, 0.2) is 24.3 Å². The van der Waals surface area contributed by atoms with Crippen LogP contribution in [0.1, 0.15) is 45.7 Å². The molecule has 2 amide bonds. The molecule has 0 fully saturated rings. The molecule has 0 aliphatic carbocycles. The molecule has 0 aromatic heterocycles. The van der Waals surface area contributed by atoms with Gasteiger partial charge in [-0.1, -0.05) is 37.6 Å². The first-order chi connectivity index (χ1) is 12.6. The van der Waals surface area contributed by atoms with Crippen LogP contribution in [0.25, 0.3) is 0 Å². The first kappa shape index (κ1) is 22.8. The lowest BCUT2D eigenvalue weighted by atomic mass is 10.00. The number of carbonyl (C=O) groups is 3. The summed E-state index contributed by atoms with van der Waals surface area (Å²) in [4.78, 5) is 36.4. The molecule has 0 bridgehead atoms. The molecule has 1 aromatic carbocycles. The topological polar surface area (TPSA) is 93.7 Å². The van der Waals surface area contributed by atoms with Crippen molar-refractivity contribution >= 4 is 29.6 Å². The molecule has 1 unspecified atom stereocenters. The van der Waals surface area contributed by atoms with Crippen molar-refractivity contribution < 1.29 is 23.9 Å². The highest BCUT2D eigenvalue weighted by Gasteiger charge is 2.28. The third kappa shape index (κ3) is 7.86. The smallest absolute Gasteiger partial charge is 0.408 e. The standard InChI is InChI=1S/C19H27ClN2O5/c1-11(2)17(22-19(25)27-12(3)4)18(24)21-15(10-16(23)26-5)13-6-8-14(20)9-7-13/h6-9,11-12,15,17H,10H2,1-5H3,(H,21,24)(H,22,25)/t15?,17-/m1/s1. The maximum absolute atomic E-state index is 12.8. The van der Waals surface area contributed by atoms with Crippen LogP contribution in [-0.4, -0.2) is 37.2 Å². The minimum absolute atomic E-state index is 0.0505. The molecule has 0 radical (unpaired) electrons. The zero-order valence-electron chi connectivity index (χ0n) is 16.2. The van der Waals surface area contributed by atoms with Gasteiger partial charge in [0.05, 0.1) is 25.7 Å². The van der Waals surface area contributed by atoms with Gasteiger partial charge in [0.2, 0.25) is 5.91 Å². The van der Waals surface area contributed by atoms with Crippen molar-refractivity contribution in [1.29, 1.82) is 0 Å². The second kappa shape index (κ2) is 10.8. The van der Waals surface area contributed by atoms with Crippen LogP contribution in [0, 0.1) is 5.92 Å². The van der Waals surface area contributed by atoms with Crippen molar-refractivity contribution in [3.05, 3.63) is 34.9 Å². The van der Waals surface area contributed by atoms with Gasteiger partial charge in [0.1, 0.15) is 6.04 Å². The first-order valence-electron chi connectivity index (χ1n) is 8.73. The van der Waals surface area contributed by atoms with Crippen LogP contribution in [0.2, 0.25) is 5.02 Å². The highest BCUT2D eigenvalue weighted by atomic mass is 35.5. The Morgan fingerprint density at radius 2 is 1.63 bits per heavy atom. The van der Waals surface area contributed by atoms with E-state index >= 15 is 0 Å². The number of hydrogen-bond acceptors (Lipinski definition) is 5. The van der Waals surface area contributed by atoms with Crippen LogP contribution in [0.4, 0.5) is 4.79 Å². The van der Waals surface area contributed by atoms with Gasteiger partial charge in [-0.3, -0.25) is 9.59 Å². The van der Waals surface area contributed by atoms with Gasteiger partial charge in [-0.15, -0.1) is 0 Å². The molecular formula is C19H27ClN2O5. The van der Waals surface area contributed by atoms with E-state index in [9.17, 15) is 14.4 Å². The van der Waals surface area contributed by atoms with Gasteiger partial charge in [0, 0.05) is 5.02 Å². The lowest BCUT2D eigenvalue weighted by Crippen LogP contribution is -2.51. The summed E-state index contributed by atoms with van der Waals surface area (Å²) >= 11 is 5.91. The molecule has 2 N–H and O–H groups in total. The predicted molar refractivity (Wildman–Crippen MR) is 102 cm³/mol. The van der Waals surface area contributed by atoms with Crippen LogP contribution in [0.3, 0.4) is 0 Å². The summed E-state index contributed by atoms with van der Waals surface area (Å²) in [6, 6.07) is 5.36. The van der Waals surface area contributed by atoms with Gasteiger partial charge in [0.15, 0.2) is 0 Å². The van der Waals surface area contributed by atoms with Gasteiger partial charge >= 0.3 is 12.1 Å². The van der Waals surface area contributed by atoms with Crippen molar-refractivity contribution in [3.8, 4) is 0 Å². The second-order valence-corrected chi connectivity index (χ2v) is 7.15. The second-order valence-electron chi connectivity index (χ2n) is 6.71. The number of hydrogen-bond donors (Lipinski definition) is 2. The van der Waals surface area contributed by atoms with E-state index in [4.69, 9.17) is 21.1 Å². The average Bonchev–Trinajstić information content (AvgIpc) is 2.58. The molecule has 0 saturated carbocycles. The van der Waals surface area contributed by atoms with Crippen LogP contribution >= 0.6 is 11.6 Å². The molecule has 1 rings (SSSR count). The Hall–Kier alpha value is -2.28. The summed E-state index contributed by atoms with van der Waals surface area (Å²) in [6.45, 7) is 7.04. The first-order valence-corrected chi connectivity index (χ1v) is 9.11. The molecule has 150 valence electrons. The van der Waals surface area contributed by atoms with Crippen LogP contribution in [0.5, 0.6) is 0 Å². The summed E-state index contributed by atoms with van der Waals surface area (Å²) in [6.07, 6.45) is -1.03. The molecule has 2 atom stereocenters. The highest BCUT2D eigenvalue weighted by Crippen LogP contribution is 2.20. The van der Waals surface area contributed by atoms with E-state index in [1.807, 2.05) is 0 Å². The fourth-order valence-electron chi connectivity index (χ4n) is 2.37. The number of methoxy groups -OCH3 is 1. The molecule has 0 aliphatic heterocycles. The van der Waals surface area contributed by atoms with Crippen molar-refractivity contribution in [2.45, 2.75) is 52.3 Å². The molecule has 8 heteroatoms. The third-order valence-corrected chi connectivity index (χ3v) is 4.00. The van der Waals surface area contributed by atoms with E-state index in [2.05, 4.69) is 10.6 Å². The Morgan fingerprint density at radius 3 is 2.11 bits per heavy atom. The monoisotopic (exact) mass is 398 g/mol. The lowest BCUT2D eigenvalue weighted by molar-refractivity contribution is -0.141. The van der Waals surface area contributed by atoms with Crippen molar-refractivity contribution in [1.82, 2.24) is 10.6 Å². The molecule has 0 saturated heterocycles. The molecule has 0 aliphatic rings. The maximum atomic E-state index is 12.8. The molecule has 7 nitrogen and oxygen atoms in total. The summed E-state index contributed by atoms with van der Waals surface area (Å²) in [5, 5.41) is 5.92. The maximum Gasteiger partial charge on any atom is 0.408 e. The van der Waals surface area contributed by atoms with Crippen LogP contribution in [-0.2, 0) is 19.1 Å². The van der Waals surface area contributed by atoms with Crippen molar-refractivity contribution in [2.75, 3.05) is 7.11 Å². The normalized spacial score (nSPS) is 13.0. The van der Waals surface area contributed by atoms with Gasteiger partial charge < -0.3 is 20.1 Å². The van der Waals surface area contributed by atoms with E-state index in [0.29, 0.717) is 10.6 Å². The largest absolute Gasteiger partial charge is 0.469 e. The van der Waals surface area contributed by atoms with Crippen molar-refractivity contribution in [2.24, 2.45) is 5.92 Å². The number of rotatable bonds is 8.